The normalized spacial score (nSPS) is 12.0. The minimum atomic E-state index is -0.763. The zero-order valence-corrected chi connectivity index (χ0v) is 51.1. The monoisotopic (exact) mass is 1060 g/mol. The van der Waals surface area contributed by atoms with Gasteiger partial charge in [0.25, 0.3) is 0 Å². The summed E-state index contributed by atoms with van der Waals surface area (Å²) in [4.78, 5) is 38.0. The molecule has 0 heterocycles. The number of allylic oxidation sites excluding steroid dienone is 2. The van der Waals surface area contributed by atoms with Gasteiger partial charge in [-0.15, -0.1) is 0 Å². The Morgan fingerprint density at radius 2 is 0.440 bits per heavy atom. The highest BCUT2D eigenvalue weighted by Gasteiger charge is 2.19. The van der Waals surface area contributed by atoms with Crippen LogP contribution in [0.1, 0.15) is 393 Å². The van der Waals surface area contributed by atoms with Gasteiger partial charge in [0.1, 0.15) is 13.2 Å². The number of ether oxygens (including phenoxy) is 3. The van der Waals surface area contributed by atoms with E-state index >= 15 is 0 Å². The molecule has 0 radical (unpaired) electrons. The zero-order valence-electron chi connectivity index (χ0n) is 51.1. The van der Waals surface area contributed by atoms with Gasteiger partial charge in [-0.05, 0) is 44.9 Å². The van der Waals surface area contributed by atoms with Gasteiger partial charge in [-0.1, -0.05) is 341 Å². The fourth-order valence-corrected chi connectivity index (χ4v) is 10.6. The molecular weight excluding hydrogens is 925 g/mol. The second-order valence-corrected chi connectivity index (χ2v) is 23.5. The Morgan fingerprint density at radius 3 is 0.667 bits per heavy atom. The first-order valence-corrected chi connectivity index (χ1v) is 34.2. The van der Waals surface area contributed by atoms with Gasteiger partial charge in [0.2, 0.25) is 0 Å². The van der Waals surface area contributed by atoms with Crippen molar-refractivity contribution < 1.29 is 28.6 Å². The average Bonchev–Trinajstić information content (AvgIpc) is 3.41. The molecular formula is C69H132O6. The van der Waals surface area contributed by atoms with Crippen LogP contribution in [0.5, 0.6) is 0 Å². The molecule has 0 amide bonds. The number of carbonyl (C=O) groups is 3. The molecule has 0 rings (SSSR count). The van der Waals surface area contributed by atoms with Gasteiger partial charge in [-0.25, -0.2) is 0 Å². The quantitative estimate of drug-likeness (QED) is 0.0261. The molecule has 0 bridgehead atoms. The van der Waals surface area contributed by atoms with Gasteiger partial charge in [0.15, 0.2) is 6.10 Å². The van der Waals surface area contributed by atoms with E-state index in [1.807, 2.05) is 0 Å². The van der Waals surface area contributed by atoms with Crippen LogP contribution in [0.4, 0.5) is 0 Å². The predicted molar refractivity (Wildman–Crippen MR) is 326 cm³/mol. The summed E-state index contributed by atoms with van der Waals surface area (Å²) in [5.41, 5.74) is 0. The number of rotatable bonds is 64. The molecule has 0 saturated heterocycles. The highest BCUT2D eigenvalue weighted by molar-refractivity contribution is 5.71. The summed E-state index contributed by atoms with van der Waals surface area (Å²) >= 11 is 0. The third kappa shape index (κ3) is 62.9. The Bertz CT molecular complexity index is 1170. The van der Waals surface area contributed by atoms with E-state index in [1.165, 1.54) is 289 Å². The summed E-state index contributed by atoms with van der Waals surface area (Å²) in [5.74, 6) is -0.849. The maximum absolute atomic E-state index is 12.8. The van der Waals surface area contributed by atoms with Crippen LogP contribution >= 0.6 is 0 Å². The first kappa shape index (κ1) is 73.2. The van der Waals surface area contributed by atoms with Crippen molar-refractivity contribution >= 4 is 17.9 Å². The van der Waals surface area contributed by atoms with Crippen LogP contribution in [0.25, 0.3) is 0 Å². The Labute approximate surface area is 469 Å². The van der Waals surface area contributed by atoms with Crippen molar-refractivity contribution in [2.24, 2.45) is 0 Å². The van der Waals surface area contributed by atoms with Gasteiger partial charge in [0.05, 0.1) is 0 Å². The molecule has 75 heavy (non-hydrogen) atoms. The Morgan fingerprint density at radius 1 is 0.253 bits per heavy atom. The van der Waals surface area contributed by atoms with Crippen LogP contribution < -0.4 is 0 Å². The topological polar surface area (TPSA) is 78.9 Å². The van der Waals surface area contributed by atoms with Gasteiger partial charge in [-0.2, -0.15) is 0 Å². The third-order valence-corrected chi connectivity index (χ3v) is 15.8. The first-order chi connectivity index (χ1) is 37.0. The molecule has 0 aliphatic heterocycles. The summed E-state index contributed by atoms with van der Waals surface area (Å²) in [6, 6.07) is 0. The fraction of sp³-hybridized carbons (Fsp3) is 0.928. The second kappa shape index (κ2) is 64.7. The Balaban J connectivity index is 3.93. The molecule has 1 atom stereocenters. The number of esters is 3. The SMILES string of the molecule is CCCCCCCCCC/C=C\CCCCCCCCCCCCCCCCCC(=O)OCC(COC(=O)CCCCCCC)OC(=O)CCCCCCCCCCCCCCCCCCCCCCCCCCC. The van der Waals surface area contributed by atoms with Crippen molar-refractivity contribution in [3.63, 3.8) is 0 Å². The molecule has 0 saturated carbocycles. The Hall–Kier alpha value is -1.85. The van der Waals surface area contributed by atoms with Crippen LogP contribution in [0.2, 0.25) is 0 Å². The highest BCUT2D eigenvalue weighted by Crippen LogP contribution is 2.19. The van der Waals surface area contributed by atoms with E-state index < -0.39 is 6.10 Å². The van der Waals surface area contributed by atoms with Crippen LogP contribution in [-0.4, -0.2) is 37.2 Å². The summed E-state index contributed by atoms with van der Waals surface area (Å²) in [7, 11) is 0. The number of carbonyl (C=O) groups excluding carboxylic acids is 3. The number of unbranched alkanes of at least 4 members (excludes halogenated alkanes) is 51. The molecule has 1 unspecified atom stereocenters. The largest absolute Gasteiger partial charge is 0.462 e. The molecule has 0 aromatic carbocycles. The lowest BCUT2D eigenvalue weighted by molar-refractivity contribution is -0.167. The minimum absolute atomic E-state index is 0.0643. The van der Waals surface area contributed by atoms with E-state index in [2.05, 4.69) is 32.9 Å². The van der Waals surface area contributed by atoms with E-state index in [1.54, 1.807) is 0 Å². The minimum Gasteiger partial charge on any atom is -0.462 e. The highest BCUT2D eigenvalue weighted by atomic mass is 16.6. The second-order valence-electron chi connectivity index (χ2n) is 23.5. The van der Waals surface area contributed by atoms with Crippen molar-refractivity contribution in [1.29, 1.82) is 0 Å². The van der Waals surface area contributed by atoms with Gasteiger partial charge in [-0.3, -0.25) is 14.4 Å². The smallest absolute Gasteiger partial charge is 0.306 e. The number of hydrogen-bond donors (Lipinski definition) is 0. The zero-order chi connectivity index (χ0) is 54.3. The van der Waals surface area contributed by atoms with Crippen LogP contribution in [0.15, 0.2) is 12.2 Å². The van der Waals surface area contributed by atoms with E-state index in [4.69, 9.17) is 14.2 Å². The van der Waals surface area contributed by atoms with Crippen molar-refractivity contribution in [3.05, 3.63) is 12.2 Å². The van der Waals surface area contributed by atoms with Gasteiger partial charge < -0.3 is 14.2 Å². The van der Waals surface area contributed by atoms with Gasteiger partial charge >= 0.3 is 17.9 Å². The van der Waals surface area contributed by atoms with Crippen molar-refractivity contribution in [2.75, 3.05) is 13.2 Å². The molecule has 0 aliphatic carbocycles. The molecule has 0 aliphatic rings. The van der Waals surface area contributed by atoms with E-state index in [9.17, 15) is 14.4 Å². The third-order valence-electron chi connectivity index (χ3n) is 15.8. The van der Waals surface area contributed by atoms with Gasteiger partial charge in [0, 0.05) is 19.3 Å². The molecule has 444 valence electrons. The van der Waals surface area contributed by atoms with E-state index in [0.29, 0.717) is 19.3 Å². The molecule has 6 nitrogen and oxygen atoms in total. The van der Waals surface area contributed by atoms with Crippen molar-refractivity contribution in [3.8, 4) is 0 Å². The lowest BCUT2D eigenvalue weighted by Gasteiger charge is -2.18. The van der Waals surface area contributed by atoms with Crippen LogP contribution in [0.3, 0.4) is 0 Å². The predicted octanol–water partition coefficient (Wildman–Crippen LogP) is 23.2. The maximum atomic E-state index is 12.8. The summed E-state index contributed by atoms with van der Waals surface area (Å²) < 4.78 is 16.8. The molecule has 0 aromatic heterocycles. The molecule has 0 aromatic rings. The standard InChI is InChI=1S/C69H132O6/c1-4-7-10-13-15-17-19-21-23-25-27-29-31-33-34-36-37-39-41-43-45-47-49-51-53-56-59-62-68(71)74-65-66(64-73-67(70)61-58-55-12-9-6-3)75-69(72)63-60-57-54-52-50-48-46-44-42-40-38-35-32-30-28-26-24-22-20-18-16-14-11-8-5-2/h25,27,66H,4-24,26,28-65H2,1-3H3/b27-25-. The van der Waals surface area contributed by atoms with Crippen LogP contribution in [-0.2, 0) is 28.6 Å². The lowest BCUT2D eigenvalue weighted by atomic mass is 10.0. The molecule has 6 heteroatoms. The van der Waals surface area contributed by atoms with Crippen LogP contribution in [0, 0.1) is 0 Å². The fourth-order valence-electron chi connectivity index (χ4n) is 10.6. The lowest BCUT2D eigenvalue weighted by Crippen LogP contribution is -2.30. The van der Waals surface area contributed by atoms with E-state index in [0.717, 1.165) is 64.2 Å². The first-order valence-electron chi connectivity index (χ1n) is 34.2. The van der Waals surface area contributed by atoms with E-state index in [-0.39, 0.29) is 31.1 Å². The maximum Gasteiger partial charge on any atom is 0.306 e. The van der Waals surface area contributed by atoms with Crippen molar-refractivity contribution in [1.82, 2.24) is 0 Å². The molecule has 0 N–H and O–H groups in total. The average molecular weight is 1060 g/mol. The Kier molecular flexibility index (Phi) is 63.1. The summed E-state index contributed by atoms with van der Waals surface area (Å²) in [6.07, 6.45) is 77.3. The van der Waals surface area contributed by atoms with Crippen molar-refractivity contribution in [2.45, 2.75) is 399 Å². The molecule has 0 spiro atoms. The molecule has 0 fully saturated rings. The number of hydrogen-bond acceptors (Lipinski definition) is 6. The summed E-state index contributed by atoms with van der Waals surface area (Å²) in [6.45, 7) is 6.64. The summed E-state index contributed by atoms with van der Waals surface area (Å²) in [5, 5.41) is 0.